The van der Waals surface area contributed by atoms with E-state index in [0.29, 0.717) is 40.8 Å². The first kappa shape index (κ1) is 21.3. The summed E-state index contributed by atoms with van der Waals surface area (Å²) >= 11 is 0. The number of aromatic nitrogens is 1. The van der Waals surface area contributed by atoms with Gasteiger partial charge in [-0.1, -0.05) is 17.7 Å². The number of benzene rings is 3. The maximum Gasteiger partial charge on any atom is 0.255 e. The topological polar surface area (TPSA) is 64.4 Å². The highest BCUT2D eigenvalue weighted by Gasteiger charge is 2.14. The SMILES string of the molecule is Cc1ccc(OCc2nc(-c3ccc(C(=O)Nc4ccc(F)cc4C)cc3)oc2C)cc1. The molecule has 0 saturated heterocycles. The molecule has 0 aliphatic carbocycles. The Morgan fingerprint density at radius 3 is 2.41 bits per heavy atom. The molecule has 0 aliphatic heterocycles. The van der Waals surface area contributed by atoms with Crippen LogP contribution in [0.15, 0.2) is 71.1 Å². The third-order valence-corrected chi connectivity index (χ3v) is 5.12. The van der Waals surface area contributed by atoms with Crippen molar-refractivity contribution >= 4 is 11.6 Å². The van der Waals surface area contributed by atoms with Crippen molar-refractivity contribution in [3.05, 3.63) is 101 Å². The first-order valence-electron chi connectivity index (χ1n) is 10.2. The zero-order valence-corrected chi connectivity index (χ0v) is 18.1. The molecule has 3 aromatic carbocycles. The summed E-state index contributed by atoms with van der Waals surface area (Å²) in [5.41, 5.74) is 4.34. The van der Waals surface area contributed by atoms with Crippen LogP contribution in [-0.4, -0.2) is 10.9 Å². The Labute approximate surface area is 185 Å². The zero-order chi connectivity index (χ0) is 22.7. The Bertz CT molecular complexity index is 1250. The van der Waals surface area contributed by atoms with Gasteiger partial charge in [0.05, 0.1) is 0 Å². The number of carbonyl (C=O) groups excluding carboxylic acids is 1. The van der Waals surface area contributed by atoms with E-state index in [1.165, 1.54) is 17.7 Å². The van der Waals surface area contributed by atoms with E-state index in [-0.39, 0.29) is 11.7 Å². The van der Waals surface area contributed by atoms with Gasteiger partial charge in [-0.2, -0.15) is 0 Å². The molecule has 1 aromatic heterocycles. The van der Waals surface area contributed by atoms with Crippen LogP contribution in [0.5, 0.6) is 5.75 Å². The van der Waals surface area contributed by atoms with Gasteiger partial charge < -0.3 is 14.5 Å². The smallest absolute Gasteiger partial charge is 0.255 e. The summed E-state index contributed by atoms with van der Waals surface area (Å²) < 4.78 is 24.9. The standard InChI is InChI=1S/C26H23FN2O3/c1-16-4-11-22(12-5-16)31-15-24-18(3)32-26(29-24)20-8-6-19(7-9-20)25(30)28-23-13-10-21(27)14-17(23)2/h4-14H,15H2,1-3H3,(H,28,30). The third kappa shape index (κ3) is 4.86. The lowest BCUT2D eigenvalue weighted by Gasteiger charge is -2.08. The van der Waals surface area contributed by atoms with Crippen LogP contribution < -0.4 is 10.1 Å². The minimum Gasteiger partial charge on any atom is -0.487 e. The molecule has 1 N–H and O–H groups in total. The summed E-state index contributed by atoms with van der Waals surface area (Å²) in [6, 6.07) is 19.0. The highest BCUT2D eigenvalue weighted by atomic mass is 19.1. The van der Waals surface area contributed by atoms with E-state index in [4.69, 9.17) is 9.15 Å². The molecule has 162 valence electrons. The van der Waals surface area contributed by atoms with Crippen LogP contribution in [0.3, 0.4) is 0 Å². The summed E-state index contributed by atoms with van der Waals surface area (Å²) in [4.78, 5) is 17.1. The molecule has 4 aromatic rings. The van der Waals surface area contributed by atoms with Crippen molar-refractivity contribution in [2.75, 3.05) is 5.32 Å². The number of aryl methyl sites for hydroxylation is 3. The van der Waals surface area contributed by atoms with Gasteiger partial charge in [0.1, 0.15) is 29.6 Å². The number of halogens is 1. The van der Waals surface area contributed by atoms with Crippen molar-refractivity contribution in [2.45, 2.75) is 27.4 Å². The molecule has 6 heteroatoms. The molecule has 1 amide bonds. The number of ether oxygens (including phenoxy) is 1. The van der Waals surface area contributed by atoms with E-state index in [0.717, 1.165) is 11.3 Å². The van der Waals surface area contributed by atoms with Gasteiger partial charge in [-0.25, -0.2) is 9.37 Å². The number of amides is 1. The second-order valence-electron chi connectivity index (χ2n) is 7.61. The molecule has 0 bridgehead atoms. The lowest BCUT2D eigenvalue weighted by molar-refractivity contribution is 0.102. The molecule has 0 fully saturated rings. The summed E-state index contributed by atoms with van der Waals surface area (Å²) in [6.07, 6.45) is 0. The normalized spacial score (nSPS) is 10.8. The Morgan fingerprint density at radius 1 is 1.00 bits per heavy atom. The van der Waals surface area contributed by atoms with Gasteiger partial charge in [0, 0.05) is 16.8 Å². The van der Waals surface area contributed by atoms with Gasteiger partial charge in [-0.3, -0.25) is 4.79 Å². The largest absolute Gasteiger partial charge is 0.487 e. The van der Waals surface area contributed by atoms with E-state index < -0.39 is 0 Å². The minimum atomic E-state index is -0.338. The lowest BCUT2D eigenvalue weighted by Crippen LogP contribution is -2.12. The molecule has 5 nitrogen and oxygen atoms in total. The number of rotatable bonds is 6. The van der Waals surface area contributed by atoms with Gasteiger partial charge in [-0.05, 0) is 80.9 Å². The molecule has 4 rings (SSSR count). The monoisotopic (exact) mass is 430 g/mol. The van der Waals surface area contributed by atoms with Crippen LogP contribution in [0.25, 0.3) is 11.5 Å². The third-order valence-electron chi connectivity index (χ3n) is 5.12. The van der Waals surface area contributed by atoms with Crippen LogP contribution in [0.2, 0.25) is 0 Å². The lowest BCUT2D eigenvalue weighted by atomic mass is 10.1. The molecule has 0 spiro atoms. The zero-order valence-electron chi connectivity index (χ0n) is 18.1. The van der Waals surface area contributed by atoms with E-state index in [1.807, 2.05) is 38.1 Å². The highest BCUT2D eigenvalue weighted by Crippen LogP contribution is 2.24. The van der Waals surface area contributed by atoms with Crippen molar-refractivity contribution in [3.63, 3.8) is 0 Å². The predicted molar refractivity (Wildman–Crippen MR) is 121 cm³/mol. The van der Waals surface area contributed by atoms with Crippen molar-refractivity contribution in [3.8, 4) is 17.2 Å². The van der Waals surface area contributed by atoms with Crippen LogP contribution in [0.1, 0.15) is 32.9 Å². The van der Waals surface area contributed by atoms with Crippen LogP contribution in [-0.2, 0) is 6.61 Å². The number of hydrogen-bond acceptors (Lipinski definition) is 4. The first-order valence-corrected chi connectivity index (χ1v) is 10.2. The number of hydrogen-bond donors (Lipinski definition) is 1. The maximum absolute atomic E-state index is 13.3. The summed E-state index contributed by atoms with van der Waals surface area (Å²) in [7, 11) is 0. The fourth-order valence-corrected chi connectivity index (χ4v) is 3.20. The molecule has 1 heterocycles. The average Bonchev–Trinajstić information content (AvgIpc) is 3.16. The molecule has 0 unspecified atom stereocenters. The molecule has 0 radical (unpaired) electrons. The highest BCUT2D eigenvalue weighted by molar-refractivity contribution is 6.04. The Balaban J connectivity index is 1.44. The number of carbonyl (C=O) groups is 1. The van der Waals surface area contributed by atoms with E-state index in [2.05, 4.69) is 10.3 Å². The molecular weight excluding hydrogens is 407 g/mol. The van der Waals surface area contributed by atoms with Crippen molar-refractivity contribution < 1.29 is 18.3 Å². The molecule has 0 atom stereocenters. The number of oxazole rings is 1. The van der Waals surface area contributed by atoms with Crippen molar-refractivity contribution in [1.82, 2.24) is 4.98 Å². The first-order chi connectivity index (χ1) is 15.4. The average molecular weight is 430 g/mol. The van der Waals surface area contributed by atoms with Crippen molar-refractivity contribution in [2.24, 2.45) is 0 Å². The molecule has 32 heavy (non-hydrogen) atoms. The van der Waals surface area contributed by atoms with Crippen LogP contribution in [0.4, 0.5) is 10.1 Å². The minimum absolute atomic E-state index is 0.276. The molecular formula is C26H23FN2O3. The number of anilines is 1. The van der Waals surface area contributed by atoms with Gasteiger partial charge in [-0.15, -0.1) is 0 Å². The summed E-state index contributed by atoms with van der Waals surface area (Å²) in [6.45, 7) is 5.91. The predicted octanol–water partition coefficient (Wildman–Crippen LogP) is 6.24. The maximum atomic E-state index is 13.3. The van der Waals surface area contributed by atoms with Crippen LogP contribution >= 0.6 is 0 Å². The fourth-order valence-electron chi connectivity index (χ4n) is 3.20. The molecule has 0 aliphatic rings. The number of nitrogens with one attached hydrogen (secondary N) is 1. The second-order valence-corrected chi connectivity index (χ2v) is 7.61. The van der Waals surface area contributed by atoms with E-state index >= 15 is 0 Å². The Kier molecular flexibility index (Phi) is 6.03. The second kappa shape index (κ2) is 9.06. The van der Waals surface area contributed by atoms with Crippen LogP contribution in [0, 0.1) is 26.6 Å². The van der Waals surface area contributed by atoms with E-state index in [1.54, 1.807) is 37.3 Å². The number of nitrogens with zero attached hydrogens (tertiary/aromatic N) is 1. The van der Waals surface area contributed by atoms with Gasteiger partial charge in [0.25, 0.3) is 5.91 Å². The van der Waals surface area contributed by atoms with Gasteiger partial charge >= 0.3 is 0 Å². The Morgan fingerprint density at radius 2 is 1.72 bits per heavy atom. The quantitative estimate of drug-likeness (QED) is 0.393. The van der Waals surface area contributed by atoms with Gasteiger partial charge in [0.15, 0.2) is 0 Å². The van der Waals surface area contributed by atoms with E-state index in [9.17, 15) is 9.18 Å². The molecule has 0 saturated carbocycles. The summed E-state index contributed by atoms with van der Waals surface area (Å²) in [5.74, 6) is 1.30. The fraction of sp³-hybridized carbons (Fsp3) is 0.154. The van der Waals surface area contributed by atoms with Crippen molar-refractivity contribution in [1.29, 1.82) is 0 Å². The van der Waals surface area contributed by atoms with Gasteiger partial charge in [0.2, 0.25) is 5.89 Å². The summed E-state index contributed by atoms with van der Waals surface area (Å²) in [5, 5.41) is 2.80. The Hall–Kier alpha value is -3.93.